The fourth-order valence-electron chi connectivity index (χ4n) is 2.31. The number of nitrogens with zero attached hydrogens (tertiary/aromatic N) is 1. The van der Waals surface area contributed by atoms with Crippen LogP contribution in [0.1, 0.15) is 52.0 Å². The van der Waals surface area contributed by atoms with E-state index in [1.165, 1.54) is 0 Å². The minimum Gasteiger partial charge on any atom is -0.494 e. The van der Waals surface area contributed by atoms with E-state index in [0.29, 0.717) is 12.8 Å². The van der Waals surface area contributed by atoms with Crippen LogP contribution in [0.4, 0.5) is 0 Å². The number of unbranched alkanes of at least 4 members (excludes halogenated alkanes) is 1. The predicted molar refractivity (Wildman–Crippen MR) is 99.0 cm³/mol. The van der Waals surface area contributed by atoms with Crippen molar-refractivity contribution in [1.82, 2.24) is 5.43 Å². The number of benzene rings is 1. The summed E-state index contributed by atoms with van der Waals surface area (Å²) in [7, 11) is 0. The number of hydrazone groups is 1. The van der Waals surface area contributed by atoms with Crippen molar-refractivity contribution < 1.29 is 9.53 Å². The van der Waals surface area contributed by atoms with Crippen LogP contribution in [0.15, 0.2) is 29.4 Å². The van der Waals surface area contributed by atoms with Crippen LogP contribution in [0.3, 0.4) is 0 Å². The quantitative estimate of drug-likeness (QED) is 0.312. The molecule has 1 saturated carbocycles. The average Bonchev–Trinajstić information content (AvgIpc) is 3.09. The van der Waals surface area contributed by atoms with Gasteiger partial charge in [0.25, 0.3) is 0 Å². The Kier molecular flexibility index (Phi) is 6.16. The molecule has 0 radical (unpaired) electrons. The minimum atomic E-state index is -0.990. The number of hydrogen-bond acceptors (Lipinski definition) is 3. The highest BCUT2D eigenvalue weighted by molar-refractivity contribution is 6.53. The van der Waals surface area contributed by atoms with Crippen LogP contribution in [-0.4, -0.2) is 22.6 Å². The predicted octanol–water partition coefficient (Wildman–Crippen LogP) is 4.68. The molecule has 6 heteroatoms. The maximum atomic E-state index is 12.2. The SMILES string of the molecule is CCCCOc1ccc(C(CC)=NNC(=O)C2(C)CC2(Cl)Cl)cc1. The topological polar surface area (TPSA) is 50.7 Å². The zero-order valence-electron chi connectivity index (χ0n) is 14.4. The van der Waals surface area contributed by atoms with Crippen molar-refractivity contribution in [3.05, 3.63) is 29.8 Å². The lowest BCUT2D eigenvalue weighted by atomic mass is 10.1. The molecule has 0 heterocycles. The van der Waals surface area contributed by atoms with Gasteiger partial charge in [-0.25, -0.2) is 5.43 Å². The van der Waals surface area contributed by atoms with Gasteiger partial charge < -0.3 is 4.74 Å². The maximum absolute atomic E-state index is 12.2. The van der Waals surface area contributed by atoms with Crippen molar-refractivity contribution in [2.24, 2.45) is 10.5 Å². The van der Waals surface area contributed by atoms with Gasteiger partial charge in [-0.2, -0.15) is 5.10 Å². The Morgan fingerprint density at radius 2 is 1.92 bits per heavy atom. The molecule has 2 rings (SSSR count). The van der Waals surface area contributed by atoms with Gasteiger partial charge in [-0.1, -0.05) is 20.3 Å². The third-order valence-electron chi connectivity index (χ3n) is 4.34. The molecule has 1 atom stereocenters. The lowest BCUT2D eigenvalue weighted by molar-refractivity contribution is -0.125. The summed E-state index contributed by atoms with van der Waals surface area (Å²) in [5.41, 5.74) is 3.57. The largest absolute Gasteiger partial charge is 0.494 e. The molecule has 4 nitrogen and oxygen atoms in total. The number of rotatable bonds is 8. The van der Waals surface area contributed by atoms with E-state index in [9.17, 15) is 4.79 Å². The molecule has 1 amide bonds. The molecule has 1 aromatic carbocycles. The summed E-state index contributed by atoms with van der Waals surface area (Å²) in [4.78, 5) is 12.2. The van der Waals surface area contributed by atoms with Crippen molar-refractivity contribution in [2.75, 3.05) is 6.61 Å². The number of amides is 1. The first-order valence-electron chi connectivity index (χ1n) is 8.32. The normalized spacial score (nSPS) is 22.1. The first-order chi connectivity index (χ1) is 11.3. The number of carbonyl (C=O) groups excluding carboxylic acids is 1. The molecule has 24 heavy (non-hydrogen) atoms. The van der Waals surface area contributed by atoms with E-state index in [0.717, 1.165) is 36.5 Å². The lowest BCUT2D eigenvalue weighted by Crippen LogP contribution is -2.30. The first kappa shape index (κ1) is 19.1. The molecule has 1 aliphatic carbocycles. The molecule has 1 aromatic rings. The Morgan fingerprint density at radius 1 is 1.29 bits per heavy atom. The summed E-state index contributed by atoms with van der Waals surface area (Å²) >= 11 is 12.0. The summed E-state index contributed by atoms with van der Waals surface area (Å²) < 4.78 is 4.66. The van der Waals surface area contributed by atoms with Gasteiger partial charge in [0.05, 0.1) is 17.7 Å². The van der Waals surface area contributed by atoms with Crippen LogP contribution in [-0.2, 0) is 4.79 Å². The molecule has 132 valence electrons. The van der Waals surface area contributed by atoms with Gasteiger partial charge in [0.1, 0.15) is 10.1 Å². The van der Waals surface area contributed by atoms with Gasteiger partial charge in [0.15, 0.2) is 0 Å². The molecular formula is C18H24Cl2N2O2. The molecule has 1 fully saturated rings. The molecule has 1 aliphatic rings. The molecular weight excluding hydrogens is 347 g/mol. The van der Waals surface area contributed by atoms with Gasteiger partial charge in [0.2, 0.25) is 5.91 Å². The van der Waals surface area contributed by atoms with E-state index in [-0.39, 0.29) is 5.91 Å². The molecule has 1 unspecified atom stereocenters. The second-order valence-corrected chi connectivity index (χ2v) is 7.78. The van der Waals surface area contributed by atoms with Gasteiger partial charge in [-0.05, 0) is 56.0 Å². The highest BCUT2D eigenvalue weighted by Crippen LogP contribution is 2.63. The number of alkyl halides is 2. The summed E-state index contributed by atoms with van der Waals surface area (Å²) in [6.07, 6.45) is 3.28. The number of halogens is 2. The number of ether oxygens (including phenoxy) is 1. The third kappa shape index (κ3) is 4.22. The summed E-state index contributed by atoms with van der Waals surface area (Å²) in [5, 5.41) is 4.25. The van der Waals surface area contributed by atoms with Crippen LogP contribution >= 0.6 is 23.2 Å². The number of hydrogen-bond donors (Lipinski definition) is 1. The fraction of sp³-hybridized carbons (Fsp3) is 0.556. The summed E-state index contributed by atoms with van der Waals surface area (Å²) in [6, 6.07) is 7.73. The summed E-state index contributed by atoms with van der Waals surface area (Å²) in [5.74, 6) is 0.587. The Morgan fingerprint density at radius 3 is 2.42 bits per heavy atom. The zero-order valence-corrected chi connectivity index (χ0v) is 15.9. The Labute approximate surface area is 153 Å². The second kappa shape index (κ2) is 7.75. The van der Waals surface area contributed by atoms with Gasteiger partial charge in [-0.15, -0.1) is 23.2 Å². The standard InChI is InChI=1S/C18H24Cl2N2O2/c1-4-6-11-24-14-9-7-13(8-10-14)15(5-2)21-22-16(23)17(3)12-18(17,19)20/h7-10H,4-6,11-12H2,1-3H3,(H,22,23). The smallest absolute Gasteiger partial charge is 0.249 e. The Balaban J connectivity index is 1.99. The third-order valence-corrected chi connectivity index (χ3v) is 5.44. The molecule has 1 N–H and O–H groups in total. The highest BCUT2D eigenvalue weighted by atomic mass is 35.5. The van der Waals surface area contributed by atoms with Crippen molar-refractivity contribution in [2.45, 2.75) is 50.8 Å². The van der Waals surface area contributed by atoms with Crippen molar-refractivity contribution in [1.29, 1.82) is 0 Å². The van der Waals surface area contributed by atoms with E-state index in [1.54, 1.807) is 6.92 Å². The molecule has 0 saturated heterocycles. The first-order valence-corrected chi connectivity index (χ1v) is 9.07. The van der Waals surface area contributed by atoms with Gasteiger partial charge in [-0.3, -0.25) is 4.79 Å². The Hall–Kier alpha value is -1.26. The fourth-order valence-corrected chi connectivity index (χ4v) is 3.02. The van der Waals surface area contributed by atoms with Crippen LogP contribution < -0.4 is 10.2 Å². The van der Waals surface area contributed by atoms with Crippen molar-refractivity contribution in [3.8, 4) is 5.75 Å². The molecule has 0 bridgehead atoms. The lowest BCUT2D eigenvalue weighted by Gasteiger charge is -2.11. The highest BCUT2D eigenvalue weighted by Gasteiger charge is 2.68. The van der Waals surface area contributed by atoms with Crippen molar-refractivity contribution in [3.63, 3.8) is 0 Å². The minimum absolute atomic E-state index is 0.252. The van der Waals surface area contributed by atoms with E-state index < -0.39 is 9.75 Å². The van der Waals surface area contributed by atoms with E-state index in [1.807, 2.05) is 31.2 Å². The maximum Gasteiger partial charge on any atom is 0.249 e. The Bertz CT molecular complexity index is 614. The van der Waals surface area contributed by atoms with E-state index in [2.05, 4.69) is 17.5 Å². The van der Waals surface area contributed by atoms with Gasteiger partial charge >= 0.3 is 0 Å². The van der Waals surface area contributed by atoms with Crippen LogP contribution in [0.5, 0.6) is 5.75 Å². The molecule has 0 spiro atoms. The van der Waals surface area contributed by atoms with Crippen LogP contribution in [0.25, 0.3) is 0 Å². The molecule has 0 aliphatic heterocycles. The number of carbonyl (C=O) groups is 1. The second-order valence-electron chi connectivity index (χ2n) is 6.29. The average molecular weight is 371 g/mol. The zero-order chi connectivity index (χ0) is 17.8. The monoisotopic (exact) mass is 370 g/mol. The summed E-state index contributed by atoms with van der Waals surface area (Å²) in [6.45, 7) is 6.58. The number of nitrogens with one attached hydrogen (secondary N) is 1. The van der Waals surface area contributed by atoms with E-state index >= 15 is 0 Å². The van der Waals surface area contributed by atoms with Crippen LogP contribution in [0, 0.1) is 5.41 Å². The van der Waals surface area contributed by atoms with Crippen LogP contribution in [0.2, 0.25) is 0 Å². The molecule has 0 aromatic heterocycles. The van der Waals surface area contributed by atoms with Gasteiger partial charge in [0, 0.05) is 0 Å². The van der Waals surface area contributed by atoms with Crippen molar-refractivity contribution >= 4 is 34.8 Å². The van der Waals surface area contributed by atoms with E-state index in [4.69, 9.17) is 27.9 Å².